The average molecular weight is 297 g/mol. The van der Waals surface area contributed by atoms with Gasteiger partial charge in [-0.15, -0.1) is 0 Å². The van der Waals surface area contributed by atoms with Crippen LogP contribution in [0.2, 0.25) is 0 Å². The van der Waals surface area contributed by atoms with Crippen LogP contribution >= 0.6 is 0 Å². The molecule has 0 fully saturated rings. The SMILES string of the molecule is Cc1ccc(C)c(NC(=O)c2ccccc2OCC(C)C)c1. The van der Waals surface area contributed by atoms with Crippen LogP contribution in [0, 0.1) is 19.8 Å². The van der Waals surface area contributed by atoms with E-state index >= 15 is 0 Å². The minimum absolute atomic E-state index is 0.145. The summed E-state index contributed by atoms with van der Waals surface area (Å²) >= 11 is 0. The summed E-state index contributed by atoms with van der Waals surface area (Å²) in [5.41, 5.74) is 3.55. The zero-order valence-corrected chi connectivity index (χ0v) is 13.6. The first kappa shape index (κ1) is 16.1. The molecule has 0 spiro atoms. The maximum atomic E-state index is 12.6. The van der Waals surface area contributed by atoms with Crippen molar-refractivity contribution in [3.63, 3.8) is 0 Å². The second-order valence-electron chi connectivity index (χ2n) is 5.97. The molecule has 1 N–H and O–H groups in total. The van der Waals surface area contributed by atoms with Gasteiger partial charge in [-0.05, 0) is 49.1 Å². The lowest BCUT2D eigenvalue weighted by molar-refractivity contribution is 0.102. The molecule has 116 valence electrons. The van der Waals surface area contributed by atoms with Crippen molar-refractivity contribution in [2.24, 2.45) is 5.92 Å². The third-order valence-electron chi connectivity index (χ3n) is 3.35. The Morgan fingerprint density at radius 3 is 2.59 bits per heavy atom. The van der Waals surface area contributed by atoms with Crippen LogP contribution in [-0.2, 0) is 0 Å². The first-order chi connectivity index (χ1) is 10.5. The lowest BCUT2D eigenvalue weighted by Gasteiger charge is -2.14. The Morgan fingerprint density at radius 1 is 1.14 bits per heavy atom. The summed E-state index contributed by atoms with van der Waals surface area (Å²) in [7, 11) is 0. The number of para-hydroxylation sites is 1. The predicted molar refractivity (Wildman–Crippen MR) is 90.6 cm³/mol. The monoisotopic (exact) mass is 297 g/mol. The Kier molecular flexibility index (Phi) is 5.21. The number of anilines is 1. The van der Waals surface area contributed by atoms with Crippen molar-refractivity contribution in [1.29, 1.82) is 0 Å². The molecular formula is C19H23NO2. The summed E-state index contributed by atoms with van der Waals surface area (Å²) in [4.78, 5) is 12.6. The van der Waals surface area contributed by atoms with Crippen LogP contribution in [0.15, 0.2) is 42.5 Å². The van der Waals surface area contributed by atoms with Crippen LogP contribution in [-0.4, -0.2) is 12.5 Å². The Balaban J connectivity index is 2.20. The van der Waals surface area contributed by atoms with E-state index in [0.717, 1.165) is 16.8 Å². The second-order valence-corrected chi connectivity index (χ2v) is 5.97. The van der Waals surface area contributed by atoms with Gasteiger partial charge in [-0.25, -0.2) is 0 Å². The van der Waals surface area contributed by atoms with E-state index in [1.165, 1.54) is 0 Å². The molecule has 0 unspecified atom stereocenters. The van der Waals surface area contributed by atoms with Gasteiger partial charge in [0, 0.05) is 5.69 Å². The Labute approximate surface area is 132 Å². The largest absolute Gasteiger partial charge is 0.492 e. The number of amides is 1. The molecule has 0 bridgehead atoms. The summed E-state index contributed by atoms with van der Waals surface area (Å²) in [5.74, 6) is 0.891. The maximum absolute atomic E-state index is 12.6. The number of aryl methyl sites for hydroxylation is 2. The van der Waals surface area contributed by atoms with Gasteiger partial charge in [-0.3, -0.25) is 4.79 Å². The van der Waals surface area contributed by atoms with Gasteiger partial charge in [0.2, 0.25) is 0 Å². The highest BCUT2D eigenvalue weighted by molar-refractivity contribution is 6.06. The summed E-state index contributed by atoms with van der Waals surface area (Å²) in [5, 5.41) is 2.98. The van der Waals surface area contributed by atoms with Gasteiger partial charge in [-0.1, -0.05) is 38.1 Å². The van der Waals surface area contributed by atoms with Gasteiger partial charge in [0.1, 0.15) is 5.75 Å². The van der Waals surface area contributed by atoms with Crippen molar-refractivity contribution < 1.29 is 9.53 Å². The first-order valence-corrected chi connectivity index (χ1v) is 7.58. The minimum atomic E-state index is -0.145. The summed E-state index contributed by atoms with van der Waals surface area (Å²) in [6.07, 6.45) is 0. The summed E-state index contributed by atoms with van der Waals surface area (Å²) in [6.45, 7) is 8.75. The molecule has 0 saturated heterocycles. The molecular weight excluding hydrogens is 274 g/mol. The van der Waals surface area contributed by atoms with E-state index in [0.29, 0.717) is 23.8 Å². The van der Waals surface area contributed by atoms with Crippen molar-refractivity contribution in [2.75, 3.05) is 11.9 Å². The number of nitrogens with one attached hydrogen (secondary N) is 1. The number of ether oxygens (including phenoxy) is 1. The summed E-state index contributed by atoms with van der Waals surface area (Å²) < 4.78 is 5.75. The molecule has 0 radical (unpaired) electrons. The molecule has 0 saturated carbocycles. The second kappa shape index (κ2) is 7.12. The van der Waals surface area contributed by atoms with Crippen molar-refractivity contribution in [2.45, 2.75) is 27.7 Å². The van der Waals surface area contributed by atoms with E-state index in [-0.39, 0.29) is 5.91 Å². The Hall–Kier alpha value is -2.29. The van der Waals surface area contributed by atoms with Gasteiger partial charge in [0.25, 0.3) is 5.91 Å². The number of carbonyl (C=O) groups is 1. The lowest BCUT2D eigenvalue weighted by Crippen LogP contribution is -2.15. The van der Waals surface area contributed by atoms with Crippen molar-refractivity contribution in [1.82, 2.24) is 0 Å². The van der Waals surface area contributed by atoms with E-state index < -0.39 is 0 Å². The van der Waals surface area contributed by atoms with Gasteiger partial charge in [0.05, 0.1) is 12.2 Å². The van der Waals surface area contributed by atoms with Gasteiger partial charge < -0.3 is 10.1 Å². The Morgan fingerprint density at radius 2 is 1.86 bits per heavy atom. The fourth-order valence-corrected chi connectivity index (χ4v) is 2.10. The van der Waals surface area contributed by atoms with Gasteiger partial charge in [0.15, 0.2) is 0 Å². The fraction of sp³-hybridized carbons (Fsp3) is 0.316. The fourth-order valence-electron chi connectivity index (χ4n) is 2.10. The van der Waals surface area contributed by atoms with Crippen LogP contribution in [0.5, 0.6) is 5.75 Å². The molecule has 3 heteroatoms. The zero-order valence-electron chi connectivity index (χ0n) is 13.6. The quantitative estimate of drug-likeness (QED) is 0.876. The van der Waals surface area contributed by atoms with Gasteiger partial charge in [-0.2, -0.15) is 0 Å². The molecule has 0 aliphatic heterocycles. The predicted octanol–water partition coefficient (Wildman–Crippen LogP) is 4.59. The number of rotatable bonds is 5. The van der Waals surface area contributed by atoms with E-state index in [9.17, 15) is 4.79 Å². The van der Waals surface area contributed by atoms with E-state index in [1.54, 1.807) is 6.07 Å². The van der Waals surface area contributed by atoms with Crippen molar-refractivity contribution >= 4 is 11.6 Å². The number of benzene rings is 2. The smallest absolute Gasteiger partial charge is 0.259 e. The molecule has 0 aliphatic rings. The molecule has 0 aromatic heterocycles. The average Bonchev–Trinajstić information content (AvgIpc) is 2.49. The summed E-state index contributed by atoms with van der Waals surface area (Å²) in [6, 6.07) is 13.4. The molecule has 3 nitrogen and oxygen atoms in total. The highest BCUT2D eigenvalue weighted by Gasteiger charge is 2.13. The lowest BCUT2D eigenvalue weighted by atomic mass is 10.1. The van der Waals surface area contributed by atoms with E-state index in [1.807, 2.05) is 50.2 Å². The number of carbonyl (C=O) groups excluding carboxylic acids is 1. The third-order valence-corrected chi connectivity index (χ3v) is 3.35. The molecule has 2 rings (SSSR count). The molecule has 0 aliphatic carbocycles. The molecule has 2 aromatic carbocycles. The Bertz CT molecular complexity index is 662. The molecule has 22 heavy (non-hydrogen) atoms. The van der Waals surface area contributed by atoms with Crippen molar-refractivity contribution in [3.05, 3.63) is 59.2 Å². The normalized spacial score (nSPS) is 10.6. The first-order valence-electron chi connectivity index (χ1n) is 7.58. The number of hydrogen-bond acceptors (Lipinski definition) is 2. The van der Waals surface area contributed by atoms with Crippen LogP contribution in [0.3, 0.4) is 0 Å². The highest BCUT2D eigenvalue weighted by atomic mass is 16.5. The highest BCUT2D eigenvalue weighted by Crippen LogP contribution is 2.22. The topological polar surface area (TPSA) is 38.3 Å². The standard InChI is InChI=1S/C19H23NO2/c1-13(2)12-22-18-8-6-5-7-16(18)19(21)20-17-11-14(3)9-10-15(17)4/h5-11,13H,12H2,1-4H3,(H,20,21). The molecule has 0 atom stereocenters. The molecule has 1 amide bonds. The van der Waals surface area contributed by atoms with Crippen molar-refractivity contribution in [3.8, 4) is 5.75 Å². The van der Waals surface area contributed by atoms with Gasteiger partial charge >= 0.3 is 0 Å². The maximum Gasteiger partial charge on any atom is 0.259 e. The van der Waals surface area contributed by atoms with Crippen LogP contribution in [0.4, 0.5) is 5.69 Å². The third kappa shape index (κ3) is 4.10. The number of hydrogen-bond donors (Lipinski definition) is 1. The van der Waals surface area contributed by atoms with Crippen LogP contribution in [0.25, 0.3) is 0 Å². The minimum Gasteiger partial charge on any atom is -0.492 e. The zero-order chi connectivity index (χ0) is 16.1. The molecule has 0 heterocycles. The van der Waals surface area contributed by atoms with E-state index in [2.05, 4.69) is 19.2 Å². The van der Waals surface area contributed by atoms with Crippen LogP contribution in [0.1, 0.15) is 35.3 Å². The van der Waals surface area contributed by atoms with Crippen LogP contribution < -0.4 is 10.1 Å². The van der Waals surface area contributed by atoms with E-state index in [4.69, 9.17) is 4.74 Å². The molecule has 2 aromatic rings.